The van der Waals surface area contributed by atoms with Crippen LogP contribution in [-0.2, 0) is 4.79 Å². The van der Waals surface area contributed by atoms with Crippen molar-refractivity contribution in [1.29, 1.82) is 0 Å². The Kier molecular flexibility index (Phi) is 5.87. The van der Waals surface area contributed by atoms with Crippen LogP contribution >= 0.6 is 34.8 Å². The average molecular weight is 399 g/mol. The van der Waals surface area contributed by atoms with Crippen LogP contribution in [0.3, 0.4) is 0 Å². The van der Waals surface area contributed by atoms with Gasteiger partial charge in [0.05, 0.1) is 27.3 Å². The van der Waals surface area contributed by atoms with E-state index in [-0.39, 0.29) is 24.4 Å². The SMILES string of the molecule is N[C@@H]1CN(CC(=O)Nc2cc(Cl)c(Cl)cc2Cl)C[C@H]1c1ccccc1. The maximum atomic E-state index is 12.3. The molecule has 0 aromatic heterocycles. The van der Waals surface area contributed by atoms with E-state index in [1.54, 1.807) is 6.07 Å². The molecule has 1 amide bonds. The molecule has 3 rings (SSSR count). The van der Waals surface area contributed by atoms with Crippen LogP contribution in [0.25, 0.3) is 0 Å². The van der Waals surface area contributed by atoms with Crippen LogP contribution in [0.15, 0.2) is 42.5 Å². The number of carbonyl (C=O) groups excluding carboxylic acids is 1. The van der Waals surface area contributed by atoms with Gasteiger partial charge in [0.1, 0.15) is 0 Å². The van der Waals surface area contributed by atoms with Crippen molar-refractivity contribution in [3.63, 3.8) is 0 Å². The number of nitrogens with zero attached hydrogens (tertiary/aromatic N) is 1. The summed E-state index contributed by atoms with van der Waals surface area (Å²) >= 11 is 18.0. The summed E-state index contributed by atoms with van der Waals surface area (Å²) < 4.78 is 0. The quantitative estimate of drug-likeness (QED) is 0.765. The summed E-state index contributed by atoms with van der Waals surface area (Å²) in [5.74, 6) is 0.0590. The van der Waals surface area contributed by atoms with Crippen molar-refractivity contribution in [2.24, 2.45) is 5.73 Å². The Balaban J connectivity index is 1.62. The lowest BCUT2D eigenvalue weighted by atomic mass is 9.95. The van der Waals surface area contributed by atoms with Crippen molar-refractivity contribution in [2.75, 3.05) is 25.0 Å². The molecule has 1 saturated heterocycles. The summed E-state index contributed by atoms with van der Waals surface area (Å²) in [5, 5.41) is 3.82. The van der Waals surface area contributed by atoms with Gasteiger partial charge < -0.3 is 11.1 Å². The molecule has 0 saturated carbocycles. The predicted molar refractivity (Wildman–Crippen MR) is 104 cm³/mol. The van der Waals surface area contributed by atoms with Gasteiger partial charge in [-0.3, -0.25) is 9.69 Å². The van der Waals surface area contributed by atoms with Crippen molar-refractivity contribution in [1.82, 2.24) is 4.90 Å². The highest BCUT2D eigenvalue weighted by molar-refractivity contribution is 6.44. The lowest BCUT2D eigenvalue weighted by Gasteiger charge is -2.16. The van der Waals surface area contributed by atoms with E-state index in [2.05, 4.69) is 17.4 Å². The van der Waals surface area contributed by atoms with Crippen LogP contribution in [0.1, 0.15) is 11.5 Å². The van der Waals surface area contributed by atoms with Gasteiger partial charge in [0.2, 0.25) is 5.91 Å². The van der Waals surface area contributed by atoms with Crippen molar-refractivity contribution in [3.05, 3.63) is 63.1 Å². The van der Waals surface area contributed by atoms with E-state index in [9.17, 15) is 4.79 Å². The van der Waals surface area contributed by atoms with E-state index in [4.69, 9.17) is 40.5 Å². The molecular weight excluding hydrogens is 381 g/mol. The second-order valence-corrected chi connectivity index (χ2v) is 7.39. The van der Waals surface area contributed by atoms with Gasteiger partial charge in [-0.15, -0.1) is 0 Å². The van der Waals surface area contributed by atoms with E-state index < -0.39 is 0 Å². The van der Waals surface area contributed by atoms with Gasteiger partial charge in [-0.1, -0.05) is 65.1 Å². The molecule has 7 heteroatoms. The largest absolute Gasteiger partial charge is 0.326 e. The van der Waals surface area contributed by atoms with E-state index in [0.29, 0.717) is 27.3 Å². The summed E-state index contributed by atoms with van der Waals surface area (Å²) in [6, 6.07) is 13.2. The summed E-state index contributed by atoms with van der Waals surface area (Å²) in [4.78, 5) is 14.4. The van der Waals surface area contributed by atoms with Gasteiger partial charge in [-0.2, -0.15) is 0 Å². The number of nitrogens with one attached hydrogen (secondary N) is 1. The van der Waals surface area contributed by atoms with Gasteiger partial charge in [-0.25, -0.2) is 0 Å². The zero-order valence-electron chi connectivity index (χ0n) is 13.4. The molecule has 0 aliphatic carbocycles. The predicted octanol–water partition coefficient (Wildman–Crippen LogP) is 4.01. The second-order valence-electron chi connectivity index (χ2n) is 6.17. The third-order valence-corrected chi connectivity index (χ3v) is 5.35. The van der Waals surface area contributed by atoms with Gasteiger partial charge in [0, 0.05) is 25.0 Å². The number of rotatable bonds is 4. The molecule has 0 spiro atoms. The summed E-state index contributed by atoms with van der Waals surface area (Å²) in [5.41, 5.74) is 7.91. The highest BCUT2D eigenvalue weighted by Crippen LogP contribution is 2.32. The molecule has 132 valence electrons. The fraction of sp³-hybridized carbons (Fsp3) is 0.278. The molecule has 25 heavy (non-hydrogen) atoms. The molecule has 4 nitrogen and oxygen atoms in total. The monoisotopic (exact) mass is 397 g/mol. The smallest absolute Gasteiger partial charge is 0.238 e. The lowest BCUT2D eigenvalue weighted by Crippen LogP contribution is -2.33. The van der Waals surface area contributed by atoms with Crippen LogP contribution in [0.2, 0.25) is 15.1 Å². The number of likely N-dealkylation sites (tertiary alicyclic amines) is 1. The number of amides is 1. The fourth-order valence-electron chi connectivity index (χ4n) is 3.11. The van der Waals surface area contributed by atoms with Crippen molar-refractivity contribution >= 4 is 46.4 Å². The van der Waals surface area contributed by atoms with Crippen molar-refractivity contribution in [2.45, 2.75) is 12.0 Å². The molecule has 2 aromatic rings. The van der Waals surface area contributed by atoms with E-state index in [0.717, 1.165) is 6.54 Å². The number of anilines is 1. The summed E-state index contributed by atoms with van der Waals surface area (Å²) in [6.45, 7) is 1.66. The zero-order chi connectivity index (χ0) is 18.0. The van der Waals surface area contributed by atoms with Crippen LogP contribution in [0, 0.1) is 0 Å². The lowest BCUT2D eigenvalue weighted by molar-refractivity contribution is -0.117. The first kappa shape index (κ1) is 18.5. The first-order valence-corrected chi connectivity index (χ1v) is 9.04. The van der Waals surface area contributed by atoms with Gasteiger partial charge in [0.15, 0.2) is 0 Å². The Bertz CT molecular complexity index is 770. The number of hydrogen-bond donors (Lipinski definition) is 2. The first-order valence-electron chi connectivity index (χ1n) is 7.91. The minimum atomic E-state index is -0.166. The maximum Gasteiger partial charge on any atom is 0.238 e. The van der Waals surface area contributed by atoms with E-state index in [1.807, 2.05) is 23.1 Å². The maximum absolute atomic E-state index is 12.3. The summed E-state index contributed by atoms with van der Waals surface area (Å²) in [6.07, 6.45) is 0. The minimum absolute atomic E-state index is 0.00349. The van der Waals surface area contributed by atoms with Crippen LogP contribution in [-0.4, -0.2) is 36.5 Å². The van der Waals surface area contributed by atoms with Crippen molar-refractivity contribution < 1.29 is 4.79 Å². The normalized spacial score (nSPS) is 20.6. The van der Waals surface area contributed by atoms with Gasteiger partial charge >= 0.3 is 0 Å². The van der Waals surface area contributed by atoms with Crippen LogP contribution < -0.4 is 11.1 Å². The Morgan fingerprint density at radius 1 is 1.08 bits per heavy atom. The number of hydrogen-bond acceptors (Lipinski definition) is 3. The third kappa shape index (κ3) is 4.46. The van der Waals surface area contributed by atoms with Crippen LogP contribution in [0.5, 0.6) is 0 Å². The first-order chi connectivity index (χ1) is 11.9. The molecule has 2 aromatic carbocycles. The second kappa shape index (κ2) is 7.94. The highest BCUT2D eigenvalue weighted by atomic mass is 35.5. The van der Waals surface area contributed by atoms with Crippen LogP contribution in [0.4, 0.5) is 5.69 Å². The molecular formula is C18H18Cl3N3O. The van der Waals surface area contributed by atoms with Gasteiger partial charge in [-0.05, 0) is 17.7 Å². The minimum Gasteiger partial charge on any atom is -0.326 e. The standard InChI is InChI=1S/C18H18Cl3N3O/c19-13-6-15(21)17(7-14(13)20)23-18(25)10-24-8-12(16(22)9-24)11-4-2-1-3-5-11/h1-7,12,16H,8-10,22H2,(H,23,25)/t12-,16+/m0/s1. The molecule has 3 N–H and O–H groups in total. The molecule has 1 aliphatic heterocycles. The van der Waals surface area contributed by atoms with E-state index in [1.165, 1.54) is 11.6 Å². The van der Waals surface area contributed by atoms with Gasteiger partial charge in [0.25, 0.3) is 0 Å². The number of benzene rings is 2. The number of nitrogens with two attached hydrogens (primary N) is 1. The molecule has 0 unspecified atom stereocenters. The number of carbonyl (C=O) groups is 1. The Hall–Kier alpha value is -1.30. The number of halogens is 3. The molecule has 2 atom stereocenters. The average Bonchev–Trinajstić information content (AvgIpc) is 2.93. The highest BCUT2D eigenvalue weighted by Gasteiger charge is 2.32. The molecule has 0 radical (unpaired) electrons. The van der Waals surface area contributed by atoms with Crippen molar-refractivity contribution in [3.8, 4) is 0 Å². The topological polar surface area (TPSA) is 58.4 Å². The Morgan fingerprint density at radius 2 is 1.76 bits per heavy atom. The molecule has 1 aliphatic rings. The molecule has 1 fully saturated rings. The fourth-order valence-corrected chi connectivity index (χ4v) is 3.70. The van der Waals surface area contributed by atoms with E-state index >= 15 is 0 Å². The molecule has 1 heterocycles. The Morgan fingerprint density at radius 3 is 2.48 bits per heavy atom. The Labute approximate surface area is 161 Å². The third-order valence-electron chi connectivity index (χ3n) is 4.32. The zero-order valence-corrected chi connectivity index (χ0v) is 15.7. The molecule has 0 bridgehead atoms. The summed E-state index contributed by atoms with van der Waals surface area (Å²) in [7, 11) is 0.